The van der Waals surface area contributed by atoms with Crippen LogP contribution in [-0.2, 0) is 6.42 Å². The lowest BCUT2D eigenvalue weighted by Gasteiger charge is -2.11. The third kappa shape index (κ3) is 4.06. The molecule has 126 valence electrons. The minimum Gasteiger partial charge on any atom is -0.322 e. The van der Waals surface area contributed by atoms with Gasteiger partial charge in [0.1, 0.15) is 0 Å². The summed E-state index contributed by atoms with van der Waals surface area (Å²) in [6.45, 7) is 2.10. The maximum atomic E-state index is 12.8. The molecule has 1 amide bonds. The first kappa shape index (κ1) is 17.2. The van der Waals surface area contributed by atoms with Gasteiger partial charge < -0.3 is 5.32 Å². The van der Waals surface area contributed by atoms with Crippen LogP contribution in [0, 0.1) is 0 Å². The van der Waals surface area contributed by atoms with Crippen LogP contribution < -0.4 is 5.32 Å². The first-order chi connectivity index (χ1) is 12.2. The predicted octanol–water partition coefficient (Wildman–Crippen LogP) is 4.68. The smallest absolute Gasteiger partial charge is 0.259 e. The van der Waals surface area contributed by atoms with Gasteiger partial charge in [0.15, 0.2) is 5.16 Å². The van der Waals surface area contributed by atoms with Gasteiger partial charge >= 0.3 is 0 Å². The van der Waals surface area contributed by atoms with Crippen LogP contribution in [0.4, 0.5) is 5.69 Å². The number of thioether (sulfide) groups is 1. The highest BCUT2D eigenvalue weighted by atomic mass is 32.2. The second kappa shape index (κ2) is 7.94. The van der Waals surface area contributed by atoms with E-state index in [0.29, 0.717) is 16.4 Å². The first-order valence-electron chi connectivity index (χ1n) is 8.08. The molecule has 0 aliphatic carbocycles. The fourth-order valence-corrected chi connectivity index (χ4v) is 2.81. The van der Waals surface area contributed by atoms with Crippen molar-refractivity contribution in [3.63, 3.8) is 0 Å². The fraction of sp³-hybridized carbons (Fsp3) is 0.150. The Hall–Kier alpha value is -2.66. The number of aryl methyl sites for hydroxylation is 1. The number of rotatable bonds is 5. The molecule has 4 nitrogen and oxygen atoms in total. The van der Waals surface area contributed by atoms with E-state index in [2.05, 4.69) is 22.2 Å². The normalized spacial score (nSPS) is 10.5. The molecular weight excluding hydrogens is 330 g/mol. The largest absolute Gasteiger partial charge is 0.322 e. The summed E-state index contributed by atoms with van der Waals surface area (Å²) in [5.74, 6) is -0.212. The topological polar surface area (TPSA) is 54.9 Å². The van der Waals surface area contributed by atoms with E-state index in [1.54, 1.807) is 6.20 Å². The number of nitrogens with zero attached hydrogens (tertiary/aromatic N) is 2. The maximum absolute atomic E-state index is 12.8. The Labute approximate surface area is 151 Å². The molecule has 0 saturated heterocycles. The number of hydrogen-bond acceptors (Lipinski definition) is 4. The summed E-state index contributed by atoms with van der Waals surface area (Å²) in [5.41, 5.74) is 3.99. The summed E-state index contributed by atoms with van der Waals surface area (Å²) in [5, 5.41) is 3.57. The summed E-state index contributed by atoms with van der Waals surface area (Å²) in [7, 11) is 0. The second-order valence-corrected chi connectivity index (χ2v) is 6.26. The molecule has 3 aromatic rings. The van der Waals surface area contributed by atoms with Crippen molar-refractivity contribution in [2.24, 2.45) is 0 Å². The molecule has 0 radical (unpaired) electrons. The molecule has 3 rings (SSSR count). The molecule has 0 aliphatic rings. The van der Waals surface area contributed by atoms with Crippen LogP contribution in [-0.4, -0.2) is 22.1 Å². The Bertz CT molecular complexity index is 864. The molecule has 0 atom stereocenters. The van der Waals surface area contributed by atoms with Crippen molar-refractivity contribution in [3.8, 4) is 11.3 Å². The number of amides is 1. The van der Waals surface area contributed by atoms with Crippen molar-refractivity contribution in [3.05, 3.63) is 71.9 Å². The fourth-order valence-electron chi connectivity index (χ4n) is 2.47. The molecule has 25 heavy (non-hydrogen) atoms. The van der Waals surface area contributed by atoms with Crippen molar-refractivity contribution in [2.75, 3.05) is 11.6 Å². The Morgan fingerprint density at radius 1 is 1.08 bits per heavy atom. The molecule has 0 spiro atoms. The highest BCUT2D eigenvalue weighted by molar-refractivity contribution is 7.98. The van der Waals surface area contributed by atoms with E-state index >= 15 is 0 Å². The monoisotopic (exact) mass is 349 g/mol. The van der Waals surface area contributed by atoms with Gasteiger partial charge in [-0.2, -0.15) is 0 Å². The number of anilines is 1. The number of aromatic nitrogens is 2. The molecule has 1 heterocycles. The molecule has 0 fully saturated rings. The van der Waals surface area contributed by atoms with E-state index < -0.39 is 0 Å². The van der Waals surface area contributed by atoms with E-state index in [1.807, 2.05) is 60.9 Å². The zero-order valence-corrected chi connectivity index (χ0v) is 15.0. The average Bonchev–Trinajstić information content (AvgIpc) is 2.68. The van der Waals surface area contributed by atoms with Gasteiger partial charge in [-0.25, -0.2) is 9.97 Å². The zero-order valence-electron chi connectivity index (χ0n) is 14.2. The first-order valence-corrected chi connectivity index (χ1v) is 9.30. The Morgan fingerprint density at radius 2 is 1.80 bits per heavy atom. The summed E-state index contributed by atoms with van der Waals surface area (Å²) in [6, 6.07) is 17.5. The molecule has 2 aromatic carbocycles. The Kier molecular flexibility index (Phi) is 5.46. The predicted molar refractivity (Wildman–Crippen MR) is 103 cm³/mol. The number of carbonyl (C=O) groups excluding carboxylic acids is 1. The van der Waals surface area contributed by atoms with E-state index in [4.69, 9.17) is 0 Å². The van der Waals surface area contributed by atoms with Crippen LogP contribution >= 0.6 is 11.8 Å². The van der Waals surface area contributed by atoms with Crippen LogP contribution in [0.5, 0.6) is 0 Å². The van der Waals surface area contributed by atoms with Gasteiger partial charge in [0.25, 0.3) is 5.91 Å². The van der Waals surface area contributed by atoms with Crippen LogP contribution in [0.15, 0.2) is 66.0 Å². The summed E-state index contributed by atoms with van der Waals surface area (Å²) < 4.78 is 0. The van der Waals surface area contributed by atoms with Gasteiger partial charge in [-0.1, -0.05) is 61.2 Å². The van der Waals surface area contributed by atoms with Crippen molar-refractivity contribution < 1.29 is 4.79 Å². The van der Waals surface area contributed by atoms with Crippen molar-refractivity contribution in [1.82, 2.24) is 9.97 Å². The molecule has 1 N–H and O–H groups in total. The van der Waals surface area contributed by atoms with Crippen LogP contribution in [0.3, 0.4) is 0 Å². The summed E-state index contributed by atoms with van der Waals surface area (Å²) in [6.07, 6.45) is 4.48. The SMILES string of the molecule is CCc1ccc(NC(=O)c2cnc(SC)nc2-c2ccccc2)cc1. The van der Waals surface area contributed by atoms with Gasteiger partial charge in [0.05, 0.1) is 11.3 Å². The lowest BCUT2D eigenvalue weighted by Crippen LogP contribution is -2.14. The van der Waals surface area contributed by atoms with E-state index in [-0.39, 0.29) is 5.91 Å². The number of carbonyl (C=O) groups is 1. The van der Waals surface area contributed by atoms with Crippen molar-refractivity contribution in [1.29, 1.82) is 0 Å². The molecule has 0 saturated carbocycles. The van der Waals surface area contributed by atoms with Crippen LogP contribution in [0.2, 0.25) is 0 Å². The maximum Gasteiger partial charge on any atom is 0.259 e. The Morgan fingerprint density at radius 3 is 2.44 bits per heavy atom. The van der Waals surface area contributed by atoms with Gasteiger partial charge in [0.2, 0.25) is 0 Å². The van der Waals surface area contributed by atoms with Gasteiger partial charge in [-0.05, 0) is 30.4 Å². The highest BCUT2D eigenvalue weighted by Crippen LogP contribution is 2.24. The quantitative estimate of drug-likeness (QED) is 0.537. The molecule has 0 aliphatic heterocycles. The second-order valence-electron chi connectivity index (χ2n) is 5.49. The summed E-state index contributed by atoms with van der Waals surface area (Å²) >= 11 is 1.45. The van der Waals surface area contributed by atoms with Gasteiger partial charge in [-0.3, -0.25) is 4.79 Å². The van der Waals surface area contributed by atoms with E-state index in [9.17, 15) is 4.79 Å². The van der Waals surface area contributed by atoms with Gasteiger partial charge in [-0.15, -0.1) is 0 Å². The highest BCUT2D eigenvalue weighted by Gasteiger charge is 2.16. The van der Waals surface area contributed by atoms with Crippen molar-refractivity contribution in [2.45, 2.75) is 18.5 Å². The third-order valence-electron chi connectivity index (χ3n) is 3.86. The lowest BCUT2D eigenvalue weighted by atomic mass is 10.1. The standard InChI is InChI=1S/C20H19N3OS/c1-3-14-9-11-16(12-10-14)22-19(24)17-13-21-20(25-2)23-18(17)15-7-5-4-6-8-15/h4-13H,3H2,1-2H3,(H,22,24). The minimum absolute atomic E-state index is 0.212. The summed E-state index contributed by atoms with van der Waals surface area (Å²) in [4.78, 5) is 21.6. The van der Waals surface area contributed by atoms with E-state index in [0.717, 1.165) is 17.7 Å². The number of benzene rings is 2. The third-order valence-corrected chi connectivity index (χ3v) is 4.42. The molecular formula is C20H19N3OS. The Balaban J connectivity index is 1.93. The van der Waals surface area contributed by atoms with Gasteiger partial charge in [0, 0.05) is 17.4 Å². The number of hydrogen-bond donors (Lipinski definition) is 1. The molecule has 0 bridgehead atoms. The zero-order chi connectivity index (χ0) is 17.6. The molecule has 0 unspecified atom stereocenters. The molecule has 1 aromatic heterocycles. The molecule has 5 heteroatoms. The van der Waals surface area contributed by atoms with Crippen molar-refractivity contribution >= 4 is 23.4 Å². The minimum atomic E-state index is -0.212. The van der Waals surface area contributed by atoms with Crippen LogP contribution in [0.1, 0.15) is 22.8 Å². The van der Waals surface area contributed by atoms with Crippen LogP contribution in [0.25, 0.3) is 11.3 Å². The number of nitrogens with one attached hydrogen (secondary N) is 1. The average molecular weight is 349 g/mol. The lowest BCUT2D eigenvalue weighted by molar-refractivity contribution is 0.102. The van der Waals surface area contributed by atoms with E-state index in [1.165, 1.54) is 17.3 Å².